The van der Waals surface area contributed by atoms with Gasteiger partial charge in [0.25, 0.3) is 0 Å². The molecule has 0 bridgehead atoms. The topological polar surface area (TPSA) is 44.5 Å². The molecule has 0 saturated heterocycles. The third-order valence-electron chi connectivity index (χ3n) is 2.46. The van der Waals surface area contributed by atoms with Crippen LogP contribution >= 0.6 is 0 Å². The summed E-state index contributed by atoms with van der Waals surface area (Å²) in [5.74, 6) is 1.50. The Labute approximate surface area is 96.9 Å². The van der Waals surface area contributed by atoms with Gasteiger partial charge in [-0.2, -0.15) is 0 Å². The van der Waals surface area contributed by atoms with E-state index in [-0.39, 0.29) is 0 Å². The summed E-state index contributed by atoms with van der Waals surface area (Å²) in [6.45, 7) is 2.74. The molecule has 0 aliphatic carbocycles. The molecular formula is C13H19NO2. The van der Waals surface area contributed by atoms with E-state index in [1.54, 1.807) is 14.2 Å². The van der Waals surface area contributed by atoms with Crippen LogP contribution in [0, 0.1) is 0 Å². The van der Waals surface area contributed by atoms with Crippen molar-refractivity contribution in [1.82, 2.24) is 0 Å². The van der Waals surface area contributed by atoms with E-state index in [4.69, 9.17) is 15.2 Å². The highest BCUT2D eigenvalue weighted by atomic mass is 16.5. The summed E-state index contributed by atoms with van der Waals surface area (Å²) < 4.78 is 10.4. The van der Waals surface area contributed by atoms with Crippen molar-refractivity contribution in [3.63, 3.8) is 0 Å². The van der Waals surface area contributed by atoms with E-state index in [1.165, 1.54) is 5.57 Å². The molecular weight excluding hydrogens is 202 g/mol. The molecule has 3 nitrogen and oxygen atoms in total. The van der Waals surface area contributed by atoms with E-state index in [9.17, 15) is 0 Å². The minimum Gasteiger partial charge on any atom is -0.493 e. The summed E-state index contributed by atoms with van der Waals surface area (Å²) >= 11 is 0. The standard InChI is InChI=1S/C13H19NO2/c1-10(5-4-8-14)11-6-7-12(15-2)13(9-11)16-3/h5-7,9H,4,8,14H2,1-3H3. The van der Waals surface area contributed by atoms with E-state index >= 15 is 0 Å². The maximum Gasteiger partial charge on any atom is 0.161 e. The van der Waals surface area contributed by atoms with Crippen molar-refractivity contribution in [2.45, 2.75) is 13.3 Å². The normalized spacial score (nSPS) is 11.4. The van der Waals surface area contributed by atoms with E-state index in [0.717, 1.165) is 23.5 Å². The number of hydrogen-bond donors (Lipinski definition) is 1. The van der Waals surface area contributed by atoms with Crippen LogP contribution in [0.1, 0.15) is 18.9 Å². The number of rotatable bonds is 5. The van der Waals surface area contributed by atoms with Crippen LogP contribution in [0.25, 0.3) is 5.57 Å². The minimum absolute atomic E-state index is 0.671. The van der Waals surface area contributed by atoms with Gasteiger partial charge in [-0.15, -0.1) is 0 Å². The van der Waals surface area contributed by atoms with Gasteiger partial charge in [0, 0.05) is 0 Å². The molecule has 0 saturated carbocycles. The third kappa shape index (κ3) is 3.00. The molecule has 0 spiro atoms. The van der Waals surface area contributed by atoms with Gasteiger partial charge in [0.2, 0.25) is 0 Å². The summed E-state index contributed by atoms with van der Waals surface area (Å²) in [6, 6.07) is 5.90. The largest absolute Gasteiger partial charge is 0.493 e. The van der Waals surface area contributed by atoms with Gasteiger partial charge >= 0.3 is 0 Å². The first-order valence-electron chi connectivity index (χ1n) is 5.32. The van der Waals surface area contributed by atoms with E-state index in [1.807, 2.05) is 18.2 Å². The summed E-state index contributed by atoms with van der Waals surface area (Å²) in [7, 11) is 3.27. The Hall–Kier alpha value is -1.48. The lowest BCUT2D eigenvalue weighted by Gasteiger charge is -2.09. The van der Waals surface area contributed by atoms with Gasteiger partial charge in [0.1, 0.15) is 0 Å². The molecule has 0 atom stereocenters. The van der Waals surface area contributed by atoms with Crippen molar-refractivity contribution in [3.05, 3.63) is 29.8 Å². The lowest BCUT2D eigenvalue weighted by atomic mass is 10.1. The second kappa shape index (κ2) is 6.18. The van der Waals surface area contributed by atoms with Gasteiger partial charge in [-0.3, -0.25) is 0 Å². The van der Waals surface area contributed by atoms with Gasteiger partial charge in [-0.1, -0.05) is 12.1 Å². The van der Waals surface area contributed by atoms with Gasteiger partial charge in [-0.05, 0) is 43.2 Å². The van der Waals surface area contributed by atoms with Crippen molar-refractivity contribution in [2.75, 3.05) is 20.8 Å². The third-order valence-corrected chi connectivity index (χ3v) is 2.46. The Balaban J connectivity index is 2.98. The summed E-state index contributed by atoms with van der Waals surface area (Å²) in [6.07, 6.45) is 3.02. The fourth-order valence-corrected chi connectivity index (χ4v) is 1.50. The highest BCUT2D eigenvalue weighted by Gasteiger charge is 2.04. The Morgan fingerprint density at radius 2 is 1.94 bits per heavy atom. The zero-order valence-corrected chi connectivity index (χ0v) is 10.1. The van der Waals surface area contributed by atoms with E-state index in [2.05, 4.69) is 13.0 Å². The average molecular weight is 221 g/mol. The van der Waals surface area contributed by atoms with Crippen LogP contribution < -0.4 is 15.2 Å². The average Bonchev–Trinajstić information content (AvgIpc) is 2.34. The van der Waals surface area contributed by atoms with Crippen molar-refractivity contribution in [3.8, 4) is 11.5 Å². The molecule has 0 radical (unpaired) electrons. The molecule has 1 rings (SSSR count). The molecule has 16 heavy (non-hydrogen) atoms. The molecule has 2 N–H and O–H groups in total. The Kier molecular flexibility index (Phi) is 4.86. The first-order valence-corrected chi connectivity index (χ1v) is 5.32. The first kappa shape index (κ1) is 12.6. The first-order chi connectivity index (χ1) is 7.72. The molecule has 0 heterocycles. The van der Waals surface area contributed by atoms with Crippen LogP contribution in [0.5, 0.6) is 11.5 Å². The fraction of sp³-hybridized carbons (Fsp3) is 0.385. The van der Waals surface area contributed by atoms with Gasteiger partial charge in [-0.25, -0.2) is 0 Å². The van der Waals surface area contributed by atoms with Gasteiger partial charge in [0.15, 0.2) is 11.5 Å². The second-order valence-electron chi connectivity index (χ2n) is 3.53. The number of methoxy groups -OCH3 is 2. The summed E-state index contributed by atoms with van der Waals surface area (Å²) in [4.78, 5) is 0. The quantitative estimate of drug-likeness (QED) is 0.830. The van der Waals surface area contributed by atoms with Crippen molar-refractivity contribution >= 4 is 5.57 Å². The number of allylic oxidation sites excluding steroid dienone is 1. The molecule has 1 aromatic rings. The van der Waals surface area contributed by atoms with Crippen molar-refractivity contribution in [2.24, 2.45) is 5.73 Å². The summed E-state index contributed by atoms with van der Waals surface area (Å²) in [5.41, 5.74) is 7.80. The summed E-state index contributed by atoms with van der Waals surface area (Å²) in [5, 5.41) is 0. The Bertz CT molecular complexity index is 372. The van der Waals surface area contributed by atoms with E-state index in [0.29, 0.717) is 6.54 Å². The predicted molar refractivity (Wildman–Crippen MR) is 66.9 cm³/mol. The zero-order valence-electron chi connectivity index (χ0n) is 10.1. The SMILES string of the molecule is COc1ccc(C(C)=CCCN)cc1OC. The molecule has 88 valence electrons. The Morgan fingerprint density at radius 3 is 2.50 bits per heavy atom. The number of hydrogen-bond acceptors (Lipinski definition) is 3. The molecule has 1 aromatic carbocycles. The van der Waals surface area contributed by atoms with Crippen LogP contribution in [-0.4, -0.2) is 20.8 Å². The smallest absolute Gasteiger partial charge is 0.161 e. The Morgan fingerprint density at radius 1 is 1.25 bits per heavy atom. The molecule has 0 fully saturated rings. The van der Waals surface area contributed by atoms with Crippen LogP contribution in [0.15, 0.2) is 24.3 Å². The van der Waals surface area contributed by atoms with Crippen LogP contribution in [0.2, 0.25) is 0 Å². The number of ether oxygens (including phenoxy) is 2. The maximum atomic E-state index is 5.47. The van der Waals surface area contributed by atoms with Crippen molar-refractivity contribution < 1.29 is 9.47 Å². The monoisotopic (exact) mass is 221 g/mol. The highest BCUT2D eigenvalue weighted by Crippen LogP contribution is 2.30. The molecule has 0 aromatic heterocycles. The second-order valence-corrected chi connectivity index (χ2v) is 3.53. The molecule has 0 aliphatic rings. The minimum atomic E-state index is 0.671. The molecule has 0 amide bonds. The number of benzene rings is 1. The van der Waals surface area contributed by atoms with E-state index < -0.39 is 0 Å². The van der Waals surface area contributed by atoms with Crippen LogP contribution in [-0.2, 0) is 0 Å². The maximum absolute atomic E-state index is 5.47. The lowest BCUT2D eigenvalue weighted by Crippen LogP contribution is -1.96. The molecule has 3 heteroatoms. The zero-order chi connectivity index (χ0) is 12.0. The van der Waals surface area contributed by atoms with Crippen LogP contribution in [0.3, 0.4) is 0 Å². The van der Waals surface area contributed by atoms with Crippen molar-refractivity contribution in [1.29, 1.82) is 0 Å². The lowest BCUT2D eigenvalue weighted by molar-refractivity contribution is 0.355. The van der Waals surface area contributed by atoms with Crippen LogP contribution in [0.4, 0.5) is 0 Å². The van der Waals surface area contributed by atoms with Gasteiger partial charge < -0.3 is 15.2 Å². The van der Waals surface area contributed by atoms with Gasteiger partial charge in [0.05, 0.1) is 14.2 Å². The highest BCUT2D eigenvalue weighted by molar-refractivity contribution is 5.66. The fourth-order valence-electron chi connectivity index (χ4n) is 1.50. The molecule has 0 aliphatic heterocycles. The predicted octanol–water partition coefficient (Wildman–Crippen LogP) is 2.46. The number of nitrogens with two attached hydrogens (primary N) is 1. The molecule has 0 unspecified atom stereocenters.